The number of hydrogen-bond acceptors (Lipinski definition) is 3. The first-order valence-electron chi connectivity index (χ1n) is 9.98. The predicted molar refractivity (Wildman–Crippen MR) is 109 cm³/mol. The van der Waals surface area contributed by atoms with Gasteiger partial charge in [0.25, 0.3) is 0 Å². The molecule has 2 rings (SSSR count). The molecule has 140 valence electrons. The molecule has 3 nitrogen and oxygen atoms in total. The SMILES string of the molecule is CC1=N/C(C)=C/C(C2CCCCC2)=NCC(CCCC(C)(C)CO)=C1. The van der Waals surface area contributed by atoms with E-state index in [-0.39, 0.29) is 12.0 Å². The summed E-state index contributed by atoms with van der Waals surface area (Å²) in [6, 6.07) is 0. The summed E-state index contributed by atoms with van der Waals surface area (Å²) in [4.78, 5) is 9.76. The van der Waals surface area contributed by atoms with Crippen LogP contribution in [0.5, 0.6) is 0 Å². The van der Waals surface area contributed by atoms with Crippen LogP contribution in [0.1, 0.15) is 79.1 Å². The van der Waals surface area contributed by atoms with E-state index in [0.29, 0.717) is 5.92 Å². The van der Waals surface area contributed by atoms with Crippen molar-refractivity contribution >= 4 is 11.4 Å². The highest BCUT2D eigenvalue weighted by Gasteiger charge is 2.19. The van der Waals surface area contributed by atoms with Gasteiger partial charge >= 0.3 is 0 Å². The molecule has 0 saturated heterocycles. The van der Waals surface area contributed by atoms with Gasteiger partial charge in [-0.15, -0.1) is 0 Å². The largest absolute Gasteiger partial charge is 0.396 e. The Balaban J connectivity index is 2.09. The van der Waals surface area contributed by atoms with E-state index in [9.17, 15) is 5.11 Å². The molecule has 0 atom stereocenters. The van der Waals surface area contributed by atoms with Gasteiger partial charge in [0.2, 0.25) is 0 Å². The van der Waals surface area contributed by atoms with Gasteiger partial charge < -0.3 is 5.11 Å². The van der Waals surface area contributed by atoms with E-state index in [0.717, 1.165) is 37.2 Å². The van der Waals surface area contributed by atoms with Crippen molar-refractivity contribution in [3.05, 3.63) is 23.4 Å². The van der Waals surface area contributed by atoms with Crippen molar-refractivity contribution < 1.29 is 5.11 Å². The van der Waals surface area contributed by atoms with Gasteiger partial charge in [0.1, 0.15) is 0 Å². The summed E-state index contributed by atoms with van der Waals surface area (Å²) in [6.07, 6.45) is 14.2. The van der Waals surface area contributed by atoms with Crippen LogP contribution in [0, 0.1) is 11.3 Å². The Labute approximate surface area is 154 Å². The fourth-order valence-electron chi connectivity index (χ4n) is 3.81. The van der Waals surface area contributed by atoms with Gasteiger partial charge in [0.05, 0.1) is 6.54 Å². The van der Waals surface area contributed by atoms with Crippen LogP contribution < -0.4 is 0 Å². The summed E-state index contributed by atoms with van der Waals surface area (Å²) in [5.74, 6) is 0.617. The number of aliphatic imine (C=N–C) groups is 2. The number of nitrogens with zero attached hydrogens (tertiary/aromatic N) is 2. The summed E-state index contributed by atoms with van der Waals surface area (Å²) in [6.45, 7) is 9.47. The van der Waals surface area contributed by atoms with Crippen LogP contribution in [-0.2, 0) is 0 Å². The molecule has 25 heavy (non-hydrogen) atoms. The lowest BCUT2D eigenvalue weighted by atomic mass is 9.85. The molecule has 3 heteroatoms. The first-order valence-corrected chi connectivity index (χ1v) is 9.98. The fourth-order valence-corrected chi connectivity index (χ4v) is 3.81. The van der Waals surface area contributed by atoms with Gasteiger partial charge in [0, 0.05) is 29.6 Å². The molecule has 1 heterocycles. The van der Waals surface area contributed by atoms with Crippen molar-refractivity contribution in [3.8, 4) is 0 Å². The Morgan fingerprint density at radius 3 is 2.52 bits per heavy atom. The molecule has 1 fully saturated rings. The van der Waals surface area contributed by atoms with Crippen LogP contribution in [-0.4, -0.2) is 29.7 Å². The van der Waals surface area contributed by atoms with Gasteiger partial charge in [-0.1, -0.05) is 33.1 Å². The number of hydrogen-bond donors (Lipinski definition) is 1. The van der Waals surface area contributed by atoms with Crippen molar-refractivity contribution in [2.75, 3.05) is 13.2 Å². The Morgan fingerprint density at radius 1 is 1.12 bits per heavy atom. The van der Waals surface area contributed by atoms with E-state index in [4.69, 9.17) is 9.98 Å². The predicted octanol–water partition coefficient (Wildman–Crippen LogP) is 5.50. The monoisotopic (exact) mass is 344 g/mol. The van der Waals surface area contributed by atoms with Gasteiger partial charge in [-0.2, -0.15) is 0 Å². The molecule has 0 radical (unpaired) electrons. The molecule has 0 spiro atoms. The molecule has 1 N–H and O–H groups in total. The van der Waals surface area contributed by atoms with Crippen LogP contribution in [0.3, 0.4) is 0 Å². The lowest BCUT2D eigenvalue weighted by molar-refractivity contribution is 0.148. The molecule has 1 aliphatic heterocycles. The van der Waals surface area contributed by atoms with E-state index in [1.807, 2.05) is 0 Å². The van der Waals surface area contributed by atoms with E-state index >= 15 is 0 Å². The first kappa shape index (κ1) is 20.1. The molecule has 0 unspecified atom stereocenters. The van der Waals surface area contributed by atoms with Crippen molar-refractivity contribution in [2.24, 2.45) is 21.3 Å². The second-order valence-electron chi connectivity index (χ2n) is 8.59. The maximum Gasteiger partial charge on any atom is 0.0606 e. The van der Waals surface area contributed by atoms with E-state index in [1.54, 1.807) is 0 Å². The molecule has 0 aromatic carbocycles. The van der Waals surface area contributed by atoms with Crippen molar-refractivity contribution in [1.29, 1.82) is 0 Å². The van der Waals surface area contributed by atoms with Gasteiger partial charge in [-0.3, -0.25) is 9.98 Å². The molecule has 0 bridgehead atoms. The second-order valence-corrected chi connectivity index (χ2v) is 8.59. The quantitative estimate of drug-likeness (QED) is 0.679. The summed E-state index contributed by atoms with van der Waals surface area (Å²) in [5, 5.41) is 9.44. The van der Waals surface area contributed by atoms with E-state index < -0.39 is 0 Å². The maximum absolute atomic E-state index is 9.44. The van der Waals surface area contributed by atoms with Crippen molar-refractivity contribution in [2.45, 2.75) is 79.1 Å². The van der Waals surface area contributed by atoms with E-state index in [1.165, 1.54) is 43.4 Å². The zero-order chi connectivity index (χ0) is 18.3. The highest BCUT2D eigenvalue weighted by Crippen LogP contribution is 2.27. The molecule has 0 amide bonds. The fraction of sp³-hybridized carbons (Fsp3) is 0.727. The Bertz CT molecular complexity index is 561. The Hall–Kier alpha value is -1.22. The number of rotatable bonds is 6. The molecular formula is C22H36N2O. The van der Waals surface area contributed by atoms with Crippen LogP contribution in [0.15, 0.2) is 33.4 Å². The molecule has 2 aliphatic rings. The maximum atomic E-state index is 9.44. The van der Waals surface area contributed by atoms with Crippen molar-refractivity contribution in [3.63, 3.8) is 0 Å². The second kappa shape index (κ2) is 9.47. The highest BCUT2D eigenvalue weighted by atomic mass is 16.3. The lowest BCUT2D eigenvalue weighted by Crippen LogP contribution is -2.17. The molecule has 0 aromatic heterocycles. The standard InChI is InChI=1S/C22H36N2O/c1-17-13-19(9-8-12-22(3,4)16-25)15-23-21(14-18(2)24-17)20-10-6-5-7-11-20/h13-14,20,25H,5-12,15-16H2,1-4H3/b18-14+,19-13?,23-21?,24-17?. The van der Waals surface area contributed by atoms with E-state index in [2.05, 4.69) is 39.8 Å². The van der Waals surface area contributed by atoms with Crippen LogP contribution in [0.25, 0.3) is 0 Å². The molecular weight excluding hydrogens is 308 g/mol. The summed E-state index contributed by atoms with van der Waals surface area (Å²) in [5.41, 5.74) is 4.78. The molecule has 1 aliphatic carbocycles. The minimum atomic E-state index is 0.0108. The summed E-state index contributed by atoms with van der Waals surface area (Å²) in [7, 11) is 0. The zero-order valence-corrected chi connectivity index (χ0v) is 16.6. The number of aliphatic hydroxyl groups excluding tert-OH is 1. The number of aliphatic hydroxyl groups is 1. The topological polar surface area (TPSA) is 45.0 Å². The lowest BCUT2D eigenvalue weighted by Gasteiger charge is -2.22. The Morgan fingerprint density at radius 2 is 1.84 bits per heavy atom. The average molecular weight is 345 g/mol. The molecule has 0 aromatic rings. The average Bonchev–Trinajstić information content (AvgIpc) is 2.64. The number of allylic oxidation sites excluding steroid dienone is 3. The van der Waals surface area contributed by atoms with Gasteiger partial charge in [0.15, 0.2) is 0 Å². The van der Waals surface area contributed by atoms with Gasteiger partial charge in [-0.25, -0.2) is 0 Å². The van der Waals surface area contributed by atoms with Crippen LogP contribution >= 0.6 is 0 Å². The third-order valence-electron chi connectivity index (χ3n) is 5.39. The highest BCUT2D eigenvalue weighted by molar-refractivity contribution is 5.99. The smallest absolute Gasteiger partial charge is 0.0606 e. The third kappa shape index (κ3) is 6.89. The Kier molecular flexibility index (Phi) is 7.61. The molecule has 1 saturated carbocycles. The van der Waals surface area contributed by atoms with Crippen LogP contribution in [0.2, 0.25) is 0 Å². The van der Waals surface area contributed by atoms with Crippen LogP contribution in [0.4, 0.5) is 0 Å². The minimum Gasteiger partial charge on any atom is -0.396 e. The normalized spacial score (nSPS) is 22.8. The third-order valence-corrected chi connectivity index (χ3v) is 5.39. The minimum absolute atomic E-state index is 0.0108. The van der Waals surface area contributed by atoms with Gasteiger partial charge in [-0.05, 0) is 69.1 Å². The zero-order valence-electron chi connectivity index (χ0n) is 16.6. The van der Waals surface area contributed by atoms with Crippen molar-refractivity contribution in [1.82, 2.24) is 0 Å². The first-order chi connectivity index (χ1) is 11.9. The summed E-state index contributed by atoms with van der Waals surface area (Å²) < 4.78 is 0. The summed E-state index contributed by atoms with van der Waals surface area (Å²) >= 11 is 0.